The number of halogens is 1. The van der Waals surface area contributed by atoms with Crippen molar-refractivity contribution >= 4 is 23.6 Å². The zero-order valence-corrected chi connectivity index (χ0v) is 8.68. The van der Waals surface area contributed by atoms with E-state index in [0.717, 1.165) is 0 Å². The molecule has 0 aliphatic rings. The van der Waals surface area contributed by atoms with Gasteiger partial charge in [0.15, 0.2) is 0 Å². The Kier molecular flexibility index (Phi) is 2.74. The molecular weight excluding hydrogens is 234 g/mol. The number of amides is 1. The number of anilines is 1. The maximum atomic E-state index is 10.3. The van der Waals surface area contributed by atoms with Gasteiger partial charge in [0.1, 0.15) is 0 Å². The van der Waals surface area contributed by atoms with Crippen molar-refractivity contribution in [3.8, 4) is 5.69 Å². The average molecular weight is 241 g/mol. The molecule has 16 heavy (non-hydrogen) atoms. The highest BCUT2D eigenvalue weighted by molar-refractivity contribution is 6.30. The van der Waals surface area contributed by atoms with E-state index < -0.39 is 6.09 Å². The third-order valence-electron chi connectivity index (χ3n) is 1.79. The Hall–Kier alpha value is -2.08. The van der Waals surface area contributed by atoms with Crippen LogP contribution in [0.15, 0.2) is 35.0 Å². The van der Waals surface area contributed by atoms with Crippen LogP contribution < -0.4 is 10.00 Å². The van der Waals surface area contributed by atoms with Gasteiger partial charge in [-0.2, -0.15) is 0 Å². The summed E-state index contributed by atoms with van der Waals surface area (Å²) in [4.78, 5) is 10.3. The van der Waals surface area contributed by atoms with E-state index in [4.69, 9.17) is 21.2 Å². The molecule has 1 aromatic carbocycles. The molecule has 2 aromatic rings. The second-order valence-electron chi connectivity index (χ2n) is 2.92. The molecule has 7 heteroatoms. The number of nitrogens with one attached hydrogen (secondary N) is 1. The molecule has 0 radical (unpaired) electrons. The minimum atomic E-state index is -1.21. The van der Waals surface area contributed by atoms with Crippen molar-refractivity contribution in [3.63, 3.8) is 0 Å². The van der Waals surface area contributed by atoms with Crippen LogP contribution in [0.25, 0.3) is 5.69 Å². The minimum Gasteiger partial charge on any atom is -0.465 e. The molecule has 1 aromatic heterocycles. The fourth-order valence-electron chi connectivity index (χ4n) is 1.12. The molecular formula is C9H7ClN3O3+. The third-order valence-corrected chi connectivity index (χ3v) is 2.04. The van der Waals surface area contributed by atoms with Crippen molar-refractivity contribution in [2.75, 3.05) is 5.32 Å². The zero-order valence-electron chi connectivity index (χ0n) is 7.92. The highest BCUT2D eigenvalue weighted by Gasteiger charge is 2.15. The Morgan fingerprint density at radius 2 is 2.12 bits per heavy atom. The van der Waals surface area contributed by atoms with Crippen molar-refractivity contribution < 1.29 is 19.1 Å². The summed E-state index contributed by atoms with van der Waals surface area (Å²) in [7, 11) is 0. The predicted molar refractivity (Wildman–Crippen MR) is 54.7 cm³/mol. The summed E-state index contributed by atoms with van der Waals surface area (Å²) in [5, 5.41) is 14.8. The highest BCUT2D eigenvalue weighted by atomic mass is 35.5. The molecule has 1 amide bonds. The van der Waals surface area contributed by atoms with Gasteiger partial charge in [0.25, 0.3) is 6.20 Å². The van der Waals surface area contributed by atoms with E-state index in [9.17, 15) is 4.79 Å². The second kappa shape index (κ2) is 4.19. The van der Waals surface area contributed by atoms with Crippen LogP contribution in [-0.2, 0) is 0 Å². The van der Waals surface area contributed by atoms with E-state index >= 15 is 0 Å². The third kappa shape index (κ3) is 2.29. The first kappa shape index (κ1) is 10.4. The maximum absolute atomic E-state index is 10.3. The lowest BCUT2D eigenvalue weighted by molar-refractivity contribution is -0.670. The van der Waals surface area contributed by atoms with Crippen LogP contribution >= 0.6 is 11.6 Å². The molecule has 0 spiro atoms. The molecule has 0 fully saturated rings. The Labute approximate surface area is 95.0 Å². The molecule has 0 atom stereocenters. The first-order chi connectivity index (χ1) is 7.65. The fourth-order valence-corrected chi connectivity index (χ4v) is 1.25. The van der Waals surface area contributed by atoms with E-state index in [0.29, 0.717) is 10.7 Å². The quantitative estimate of drug-likeness (QED) is 0.783. The molecule has 0 unspecified atom stereocenters. The maximum Gasteiger partial charge on any atom is 0.411 e. The number of hydrogen-bond donors (Lipinski definition) is 2. The van der Waals surface area contributed by atoms with Gasteiger partial charge in [-0.3, -0.25) is 9.84 Å². The smallest absolute Gasteiger partial charge is 0.411 e. The van der Waals surface area contributed by atoms with E-state index in [2.05, 4.69) is 5.27 Å². The van der Waals surface area contributed by atoms with Crippen molar-refractivity contribution in [2.45, 2.75) is 0 Å². The number of carboxylic acid groups (broad SMARTS) is 1. The predicted octanol–water partition coefficient (Wildman–Crippen LogP) is 1.69. The van der Waals surface area contributed by atoms with Gasteiger partial charge in [-0.15, -0.1) is 0 Å². The van der Waals surface area contributed by atoms with E-state index in [-0.39, 0.29) is 5.88 Å². The van der Waals surface area contributed by atoms with Crippen LogP contribution in [0, 0.1) is 0 Å². The van der Waals surface area contributed by atoms with Gasteiger partial charge in [-0.1, -0.05) is 11.6 Å². The number of rotatable bonds is 2. The lowest BCUT2D eigenvalue weighted by atomic mass is 10.3. The summed E-state index contributed by atoms with van der Waals surface area (Å²) in [5.41, 5.74) is 0.714. The molecule has 2 N–H and O–H groups in total. The van der Waals surface area contributed by atoms with Crippen LogP contribution in [0.1, 0.15) is 0 Å². The first-order valence-corrected chi connectivity index (χ1v) is 4.67. The van der Waals surface area contributed by atoms with Gasteiger partial charge < -0.3 is 5.11 Å². The molecule has 0 bridgehead atoms. The molecule has 0 aliphatic heterocycles. The summed E-state index contributed by atoms with van der Waals surface area (Å²) >= 11 is 5.73. The van der Waals surface area contributed by atoms with Crippen LogP contribution in [0.5, 0.6) is 0 Å². The Bertz CT molecular complexity index is 509. The SMILES string of the molecule is O=C(O)Nc1c[n+](-c2ccc(Cl)cc2)no1. The van der Waals surface area contributed by atoms with Gasteiger partial charge in [-0.05, 0) is 16.8 Å². The average Bonchev–Trinajstić information content (AvgIpc) is 2.66. The summed E-state index contributed by atoms with van der Waals surface area (Å²) in [5.74, 6) is 0.0439. The van der Waals surface area contributed by atoms with Gasteiger partial charge >= 0.3 is 12.0 Å². The molecule has 0 saturated carbocycles. The van der Waals surface area contributed by atoms with E-state index in [1.54, 1.807) is 24.3 Å². The van der Waals surface area contributed by atoms with Gasteiger partial charge in [-0.25, -0.2) is 4.79 Å². The first-order valence-electron chi connectivity index (χ1n) is 4.30. The topological polar surface area (TPSA) is 79.2 Å². The Morgan fingerprint density at radius 3 is 2.75 bits per heavy atom. The summed E-state index contributed by atoms with van der Waals surface area (Å²) in [6, 6.07) is 6.86. The number of aromatic nitrogens is 2. The zero-order chi connectivity index (χ0) is 11.5. The number of benzene rings is 1. The Balaban J connectivity index is 2.24. The molecule has 0 aliphatic carbocycles. The highest BCUT2D eigenvalue weighted by Crippen LogP contribution is 2.10. The minimum absolute atomic E-state index is 0.0439. The number of nitrogens with zero attached hydrogens (tertiary/aromatic N) is 2. The molecule has 6 nitrogen and oxygen atoms in total. The lowest BCUT2D eigenvalue weighted by Crippen LogP contribution is -2.31. The summed E-state index contributed by atoms with van der Waals surface area (Å²) < 4.78 is 6.14. The lowest BCUT2D eigenvalue weighted by Gasteiger charge is -1.88. The van der Waals surface area contributed by atoms with E-state index in [1.165, 1.54) is 10.9 Å². The fraction of sp³-hybridized carbons (Fsp3) is 0. The van der Waals surface area contributed by atoms with Crippen molar-refractivity contribution in [1.29, 1.82) is 0 Å². The normalized spacial score (nSPS) is 10.1. The van der Waals surface area contributed by atoms with Gasteiger partial charge in [0.2, 0.25) is 11.0 Å². The van der Waals surface area contributed by atoms with E-state index in [1.807, 2.05) is 5.32 Å². The number of hydrogen-bond acceptors (Lipinski definition) is 3. The molecule has 0 saturated heterocycles. The van der Waals surface area contributed by atoms with Crippen molar-refractivity contribution in [1.82, 2.24) is 5.27 Å². The van der Waals surface area contributed by atoms with Crippen LogP contribution in [0.4, 0.5) is 10.7 Å². The van der Waals surface area contributed by atoms with Gasteiger partial charge in [0.05, 0.1) is 0 Å². The molecule has 1 heterocycles. The summed E-state index contributed by atoms with van der Waals surface area (Å²) in [6.45, 7) is 0. The monoisotopic (exact) mass is 240 g/mol. The Morgan fingerprint density at radius 1 is 1.44 bits per heavy atom. The second-order valence-corrected chi connectivity index (χ2v) is 3.35. The molecule has 82 valence electrons. The van der Waals surface area contributed by atoms with Crippen LogP contribution in [0.2, 0.25) is 5.02 Å². The largest absolute Gasteiger partial charge is 0.465 e. The van der Waals surface area contributed by atoms with Crippen molar-refractivity contribution in [3.05, 3.63) is 35.5 Å². The molecule has 2 rings (SSSR count). The summed E-state index contributed by atoms with van der Waals surface area (Å²) in [6.07, 6.45) is 0.205. The number of carbonyl (C=O) groups is 1. The van der Waals surface area contributed by atoms with Gasteiger partial charge in [0, 0.05) is 17.2 Å². The standard InChI is InChI=1S/C9H6ClN3O3/c10-6-1-3-7(4-2-6)13-5-8(16-12-13)11-9(14)15/h1-5H,(H-,11,12,14,15)/p+1. The van der Waals surface area contributed by atoms with Crippen molar-refractivity contribution in [2.24, 2.45) is 0 Å². The van der Waals surface area contributed by atoms with Crippen LogP contribution in [0.3, 0.4) is 0 Å². The van der Waals surface area contributed by atoms with Crippen LogP contribution in [-0.4, -0.2) is 16.5 Å².